The first-order valence-corrected chi connectivity index (χ1v) is 16.7. The quantitative estimate of drug-likeness (QED) is 0.126. The van der Waals surface area contributed by atoms with Crippen LogP contribution in [-0.4, -0.2) is 63.9 Å². The third kappa shape index (κ3) is 8.14. The highest BCUT2D eigenvalue weighted by atomic mass is 35.5. The molecule has 2 aromatic heterocycles. The number of benzene rings is 3. The Balaban J connectivity index is 1.22. The lowest BCUT2D eigenvalue weighted by atomic mass is 9.80. The van der Waals surface area contributed by atoms with Gasteiger partial charge in [0, 0.05) is 39.0 Å². The molecule has 3 aromatic carbocycles. The Kier molecular flexibility index (Phi) is 11.3. The summed E-state index contributed by atoms with van der Waals surface area (Å²) in [5, 5.41) is 34.9. The molecular weight excluding hydrogens is 649 g/mol. The predicted molar refractivity (Wildman–Crippen MR) is 191 cm³/mol. The van der Waals surface area contributed by atoms with E-state index < -0.39 is 7.12 Å². The fourth-order valence-electron chi connectivity index (χ4n) is 5.49. The SMILES string of the molecule is C=C(c1ccc(Cl)cc1)c1cc(OC)ccc1-n1c(C)nnc1C(CC)CC(=O)NCC(=O)NCCc1cc2ccc(B(O)O)cc2s1. The average Bonchev–Trinajstić information content (AvgIpc) is 3.68. The molecule has 248 valence electrons. The Morgan fingerprint density at radius 1 is 1.04 bits per heavy atom. The molecule has 0 saturated carbocycles. The summed E-state index contributed by atoms with van der Waals surface area (Å²) in [4.78, 5) is 26.7. The van der Waals surface area contributed by atoms with E-state index in [1.54, 1.807) is 19.2 Å². The van der Waals surface area contributed by atoms with Crippen LogP contribution in [0, 0.1) is 6.92 Å². The van der Waals surface area contributed by atoms with E-state index in [0.717, 1.165) is 37.4 Å². The molecule has 10 nitrogen and oxygen atoms in total. The van der Waals surface area contributed by atoms with Gasteiger partial charge in [0.15, 0.2) is 0 Å². The van der Waals surface area contributed by atoms with Crippen molar-refractivity contribution in [2.24, 2.45) is 0 Å². The van der Waals surface area contributed by atoms with Gasteiger partial charge < -0.3 is 25.4 Å². The Labute approximate surface area is 288 Å². The van der Waals surface area contributed by atoms with Gasteiger partial charge in [-0.25, -0.2) is 0 Å². The van der Waals surface area contributed by atoms with Crippen LogP contribution >= 0.6 is 22.9 Å². The predicted octanol–water partition coefficient (Wildman–Crippen LogP) is 4.55. The van der Waals surface area contributed by atoms with Gasteiger partial charge in [0.1, 0.15) is 17.4 Å². The second-order valence-corrected chi connectivity index (χ2v) is 13.0. The molecule has 2 amide bonds. The standard InChI is InChI=1S/C35H37BClN5O5S/c1-5-23(17-33(43)39-20-34(44)38-15-14-29-16-25-6-9-26(36(45)46)18-32(25)48-29)35-41-40-22(3)42(35)31-13-12-28(47-4)19-30(31)21(2)24-7-10-27(37)11-8-24/h6-13,16,18-19,23,45-46H,2,5,14-15,17,20H2,1,3-4H3,(H,38,44)(H,39,43). The molecule has 0 spiro atoms. The van der Waals surface area contributed by atoms with Gasteiger partial charge in [-0.05, 0) is 84.2 Å². The van der Waals surface area contributed by atoms with Crippen LogP contribution in [0.2, 0.25) is 5.02 Å². The van der Waals surface area contributed by atoms with Crippen molar-refractivity contribution in [3.8, 4) is 11.4 Å². The van der Waals surface area contributed by atoms with Gasteiger partial charge in [0.2, 0.25) is 11.8 Å². The van der Waals surface area contributed by atoms with Crippen LogP contribution in [0.1, 0.15) is 53.3 Å². The largest absolute Gasteiger partial charge is 0.497 e. The van der Waals surface area contributed by atoms with Crippen molar-refractivity contribution in [3.63, 3.8) is 0 Å². The van der Waals surface area contributed by atoms with E-state index in [2.05, 4.69) is 27.4 Å². The monoisotopic (exact) mass is 685 g/mol. The highest BCUT2D eigenvalue weighted by Gasteiger charge is 2.25. The summed E-state index contributed by atoms with van der Waals surface area (Å²) in [5.41, 5.74) is 3.72. The van der Waals surface area contributed by atoms with Gasteiger partial charge in [-0.3, -0.25) is 14.2 Å². The van der Waals surface area contributed by atoms with E-state index in [1.807, 2.05) is 73.0 Å². The Bertz CT molecular complexity index is 1940. The van der Waals surface area contributed by atoms with Gasteiger partial charge in [-0.15, -0.1) is 21.5 Å². The number of thiophene rings is 1. The Morgan fingerprint density at radius 3 is 2.52 bits per heavy atom. The lowest BCUT2D eigenvalue weighted by Gasteiger charge is -2.20. The number of aromatic nitrogens is 3. The van der Waals surface area contributed by atoms with Gasteiger partial charge in [0.05, 0.1) is 19.3 Å². The smallest absolute Gasteiger partial charge is 0.488 e. The second kappa shape index (κ2) is 15.6. The van der Waals surface area contributed by atoms with Crippen molar-refractivity contribution in [3.05, 3.63) is 106 Å². The molecule has 0 bridgehead atoms. The summed E-state index contributed by atoms with van der Waals surface area (Å²) < 4.78 is 8.42. The molecule has 0 fully saturated rings. The highest BCUT2D eigenvalue weighted by molar-refractivity contribution is 7.19. The number of methoxy groups -OCH3 is 1. The van der Waals surface area contributed by atoms with E-state index in [-0.39, 0.29) is 30.7 Å². The molecule has 2 heterocycles. The summed E-state index contributed by atoms with van der Waals surface area (Å²) >= 11 is 7.67. The number of hydrogen-bond acceptors (Lipinski definition) is 8. The molecule has 0 radical (unpaired) electrons. The number of halogens is 1. The zero-order valence-electron chi connectivity index (χ0n) is 27.0. The first-order chi connectivity index (χ1) is 23.1. The molecule has 48 heavy (non-hydrogen) atoms. The van der Waals surface area contributed by atoms with Crippen molar-refractivity contribution in [2.45, 2.75) is 39.0 Å². The molecule has 1 atom stereocenters. The van der Waals surface area contributed by atoms with Crippen LogP contribution in [0.5, 0.6) is 5.75 Å². The van der Waals surface area contributed by atoms with Crippen LogP contribution in [-0.2, 0) is 16.0 Å². The van der Waals surface area contributed by atoms with Crippen molar-refractivity contribution < 1.29 is 24.4 Å². The molecule has 4 N–H and O–H groups in total. The van der Waals surface area contributed by atoms with E-state index in [1.165, 1.54) is 11.3 Å². The minimum absolute atomic E-state index is 0.123. The molecule has 0 saturated heterocycles. The summed E-state index contributed by atoms with van der Waals surface area (Å²) in [6, 6.07) is 20.5. The van der Waals surface area contributed by atoms with Gasteiger partial charge in [0.25, 0.3) is 0 Å². The summed E-state index contributed by atoms with van der Waals surface area (Å²) in [7, 11) is 0.0933. The fraction of sp³-hybridized carbons (Fsp3) is 0.257. The molecule has 0 aliphatic rings. The van der Waals surface area contributed by atoms with E-state index >= 15 is 0 Å². The summed E-state index contributed by atoms with van der Waals surface area (Å²) in [5.74, 6) is 1.13. The second-order valence-electron chi connectivity index (χ2n) is 11.4. The zero-order valence-corrected chi connectivity index (χ0v) is 28.6. The fourth-order valence-corrected chi connectivity index (χ4v) is 6.73. The molecule has 0 aliphatic heterocycles. The first kappa shape index (κ1) is 34.8. The molecule has 0 aliphatic carbocycles. The van der Waals surface area contributed by atoms with Crippen LogP contribution in [0.3, 0.4) is 0 Å². The van der Waals surface area contributed by atoms with Crippen LogP contribution in [0.4, 0.5) is 0 Å². The minimum atomic E-state index is -1.52. The third-order valence-corrected chi connectivity index (χ3v) is 9.54. The lowest BCUT2D eigenvalue weighted by Crippen LogP contribution is -2.38. The Hall–Kier alpha value is -4.49. The minimum Gasteiger partial charge on any atom is -0.497 e. The summed E-state index contributed by atoms with van der Waals surface area (Å²) in [6.45, 7) is 8.48. The van der Waals surface area contributed by atoms with Gasteiger partial charge in [-0.1, -0.05) is 49.4 Å². The molecule has 5 aromatic rings. The molecule has 5 rings (SSSR count). The van der Waals surface area contributed by atoms with E-state index in [9.17, 15) is 19.6 Å². The number of fused-ring (bicyclic) bond motifs is 1. The van der Waals surface area contributed by atoms with Crippen molar-refractivity contribution >= 4 is 63.0 Å². The van der Waals surface area contributed by atoms with E-state index in [0.29, 0.717) is 47.3 Å². The first-order valence-electron chi connectivity index (χ1n) is 15.5. The number of carbonyl (C=O) groups excluding carboxylic acids is 2. The maximum atomic E-state index is 13.1. The molecular formula is C35H37BClN5O5S. The molecule has 13 heteroatoms. The number of rotatable bonds is 14. The van der Waals surface area contributed by atoms with Crippen molar-refractivity contribution in [2.75, 3.05) is 20.2 Å². The third-order valence-electron chi connectivity index (χ3n) is 8.14. The van der Waals surface area contributed by atoms with E-state index in [4.69, 9.17) is 16.3 Å². The van der Waals surface area contributed by atoms with Crippen LogP contribution < -0.4 is 20.8 Å². The van der Waals surface area contributed by atoms with Gasteiger partial charge in [-0.2, -0.15) is 0 Å². The maximum Gasteiger partial charge on any atom is 0.488 e. The van der Waals surface area contributed by atoms with Gasteiger partial charge >= 0.3 is 7.12 Å². The number of amides is 2. The number of nitrogens with one attached hydrogen (secondary N) is 2. The summed E-state index contributed by atoms with van der Waals surface area (Å²) in [6.07, 6.45) is 1.36. The number of aryl methyl sites for hydroxylation is 1. The van der Waals surface area contributed by atoms with Crippen molar-refractivity contribution in [1.29, 1.82) is 0 Å². The number of ether oxygens (including phenoxy) is 1. The highest BCUT2D eigenvalue weighted by Crippen LogP contribution is 2.34. The molecule has 1 unspecified atom stereocenters. The zero-order chi connectivity index (χ0) is 34.4. The number of carbonyl (C=O) groups is 2. The van der Waals surface area contributed by atoms with Crippen LogP contribution in [0.15, 0.2) is 73.3 Å². The Morgan fingerprint density at radius 2 is 1.81 bits per heavy atom. The number of hydrogen-bond donors (Lipinski definition) is 4. The average molecular weight is 686 g/mol. The number of nitrogens with zero attached hydrogens (tertiary/aromatic N) is 3. The maximum absolute atomic E-state index is 13.1. The topological polar surface area (TPSA) is 139 Å². The normalized spacial score (nSPS) is 11.7. The van der Waals surface area contributed by atoms with Crippen molar-refractivity contribution in [1.82, 2.24) is 25.4 Å². The lowest BCUT2D eigenvalue weighted by molar-refractivity contribution is -0.126. The van der Waals surface area contributed by atoms with Crippen LogP contribution in [0.25, 0.3) is 21.3 Å².